The van der Waals surface area contributed by atoms with Crippen LogP contribution in [-0.2, 0) is 27.5 Å². The molecule has 146 valence electrons. The average molecular weight is 399 g/mol. The minimum Gasteiger partial charge on any atom is -0.410 e. The highest BCUT2D eigenvalue weighted by Crippen LogP contribution is 2.20. The fraction of sp³-hybridized carbons (Fsp3) is 0.250. The van der Waals surface area contributed by atoms with Crippen LogP contribution in [0.3, 0.4) is 0 Å². The molecule has 1 heterocycles. The molecule has 1 atom stereocenters. The molecule has 0 saturated carbocycles. The van der Waals surface area contributed by atoms with Gasteiger partial charge in [-0.3, -0.25) is 4.79 Å². The SMILES string of the molecule is CCS(=O)(=O)c1nnc([C@H](Cc2ccccc2)NC(=O)Cc2ccccc2)o1. The number of hydrogen-bond acceptors (Lipinski definition) is 6. The summed E-state index contributed by atoms with van der Waals surface area (Å²) < 4.78 is 29.3. The van der Waals surface area contributed by atoms with Crippen molar-refractivity contribution in [3.05, 3.63) is 77.7 Å². The van der Waals surface area contributed by atoms with E-state index in [2.05, 4.69) is 15.5 Å². The van der Waals surface area contributed by atoms with E-state index in [4.69, 9.17) is 4.42 Å². The van der Waals surface area contributed by atoms with E-state index in [-0.39, 0.29) is 24.0 Å². The van der Waals surface area contributed by atoms with Gasteiger partial charge in [0.1, 0.15) is 6.04 Å². The number of amides is 1. The molecule has 3 rings (SSSR count). The van der Waals surface area contributed by atoms with Gasteiger partial charge in [-0.15, -0.1) is 5.10 Å². The molecule has 0 unspecified atom stereocenters. The molecule has 0 spiro atoms. The van der Waals surface area contributed by atoms with Crippen LogP contribution in [0.15, 0.2) is 70.3 Å². The molecule has 0 saturated heterocycles. The summed E-state index contributed by atoms with van der Waals surface area (Å²) in [7, 11) is -3.61. The molecular weight excluding hydrogens is 378 g/mol. The molecule has 1 N–H and O–H groups in total. The van der Waals surface area contributed by atoms with Gasteiger partial charge in [-0.1, -0.05) is 72.7 Å². The highest BCUT2D eigenvalue weighted by molar-refractivity contribution is 7.91. The van der Waals surface area contributed by atoms with E-state index in [1.807, 2.05) is 60.7 Å². The van der Waals surface area contributed by atoms with Crippen molar-refractivity contribution in [3.63, 3.8) is 0 Å². The molecule has 0 aliphatic carbocycles. The third kappa shape index (κ3) is 5.04. The fourth-order valence-corrected chi connectivity index (χ4v) is 3.31. The summed E-state index contributed by atoms with van der Waals surface area (Å²) >= 11 is 0. The van der Waals surface area contributed by atoms with Crippen molar-refractivity contribution in [2.75, 3.05) is 5.75 Å². The lowest BCUT2D eigenvalue weighted by Crippen LogP contribution is -2.31. The van der Waals surface area contributed by atoms with Crippen LogP contribution in [0.2, 0.25) is 0 Å². The van der Waals surface area contributed by atoms with Gasteiger partial charge in [0.05, 0.1) is 12.2 Å². The molecule has 2 aromatic carbocycles. The van der Waals surface area contributed by atoms with Gasteiger partial charge in [0.25, 0.3) is 0 Å². The first-order valence-corrected chi connectivity index (χ1v) is 10.6. The predicted octanol–water partition coefficient (Wildman–Crippen LogP) is 2.51. The van der Waals surface area contributed by atoms with Crippen molar-refractivity contribution >= 4 is 15.7 Å². The molecule has 1 aromatic heterocycles. The Kier molecular flexibility index (Phi) is 6.20. The number of rotatable bonds is 8. The zero-order valence-electron chi connectivity index (χ0n) is 15.4. The molecule has 0 aliphatic rings. The Hall–Kier alpha value is -3.00. The van der Waals surface area contributed by atoms with Crippen molar-refractivity contribution in [1.29, 1.82) is 0 Å². The quantitative estimate of drug-likeness (QED) is 0.624. The van der Waals surface area contributed by atoms with Crippen molar-refractivity contribution in [3.8, 4) is 0 Å². The molecule has 7 nitrogen and oxygen atoms in total. The third-order valence-corrected chi connectivity index (χ3v) is 5.65. The third-order valence-electron chi connectivity index (χ3n) is 4.19. The zero-order valence-corrected chi connectivity index (χ0v) is 16.2. The number of carbonyl (C=O) groups excluding carboxylic acids is 1. The molecule has 8 heteroatoms. The minimum atomic E-state index is -3.61. The number of sulfone groups is 1. The molecular formula is C20H21N3O4S. The van der Waals surface area contributed by atoms with E-state index in [1.54, 1.807) is 0 Å². The summed E-state index contributed by atoms with van der Waals surface area (Å²) in [5.74, 6) is -0.291. The number of carbonyl (C=O) groups is 1. The van der Waals surface area contributed by atoms with Crippen LogP contribution >= 0.6 is 0 Å². The van der Waals surface area contributed by atoms with E-state index >= 15 is 0 Å². The molecule has 1 amide bonds. The van der Waals surface area contributed by atoms with Crippen LogP contribution < -0.4 is 5.32 Å². The number of nitrogens with zero attached hydrogens (tertiary/aromatic N) is 2. The van der Waals surface area contributed by atoms with Crippen LogP contribution in [0.25, 0.3) is 0 Å². The second-order valence-electron chi connectivity index (χ2n) is 6.28. The van der Waals surface area contributed by atoms with Crippen LogP contribution in [0.5, 0.6) is 0 Å². The first-order chi connectivity index (χ1) is 13.5. The number of aromatic nitrogens is 2. The van der Waals surface area contributed by atoms with Gasteiger partial charge >= 0.3 is 5.22 Å². The van der Waals surface area contributed by atoms with E-state index in [0.29, 0.717) is 6.42 Å². The summed E-state index contributed by atoms with van der Waals surface area (Å²) in [6, 6.07) is 18.2. The Balaban J connectivity index is 1.82. The molecule has 3 aromatic rings. The maximum absolute atomic E-state index is 12.5. The summed E-state index contributed by atoms with van der Waals surface area (Å²) in [5.41, 5.74) is 1.82. The largest absolute Gasteiger partial charge is 0.410 e. The van der Waals surface area contributed by atoms with Crippen LogP contribution in [0, 0.1) is 0 Å². The number of hydrogen-bond donors (Lipinski definition) is 1. The summed E-state index contributed by atoms with van der Waals surface area (Å²) in [6.45, 7) is 1.50. The minimum absolute atomic E-state index is 0.0669. The monoisotopic (exact) mass is 399 g/mol. The van der Waals surface area contributed by atoms with Gasteiger partial charge in [0, 0.05) is 6.42 Å². The Morgan fingerprint density at radius 1 is 1.00 bits per heavy atom. The fourth-order valence-electron chi connectivity index (χ4n) is 2.69. The van der Waals surface area contributed by atoms with Crippen LogP contribution in [0.4, 0.5) is 0 Å². The van der Waals surface area contributed by atoms with Gasteiger partial charge in [-0.25, -0.2) is 8.42 Å². The Labute approximate surface area is 163 Å². The normalized spacial score (nSPS) is 12.5. The maximum Gasteiger partial charge on any atom is 0.335 e. The molecule has 0 fully saturated rings. The average Bonchev–Trinajstić information content (AvgIpc) is 3.20. The second kappa shape index (κ2) is 8.79. The second-order valence-corrected chi connectivity index (χ2v) is 8.44. The van der Waals surface area contributed by atoms with E-state index in [9.17, 15) is 13.2 Å². The molecule has 0 radical (unpaired) electrons. The van der Waals surface area contributed by atoms with E-state index in [0.717, 1.165) is 11.1 Å². The first kappa shape index (κ1) is 19.8. The lowest BCUT2D eigenvalue weighted by Gasteiger charge is -2.15. The Morgan fingerprint density at radius 3 is 2.21 bits per heavy atom. The van der Waals surface area contributed by atoms with Crippen molar-refractivity contribution in [2.45, 2.75) is 31.0 Å². The smallest absolute Gasteiger partial charge is 0.335 e. The summed E-state index contributed by atoms with van der Waals surface area (Å²) in [4.78, 5) is 12.5. The Bertz CT molecular complexity index is 1020. The topological polar surface area (TPSA) is 102 Å². The summed E-state index contributed by atoms with van der Waals surface area (Å²) in [6.07, 6.45) is 0.593. The maximum atomic E-state index is 12.5. The van der Waals surface area contributed by atoms with Gasteiger partial charge in [0.15, 0.2) is 0 Å². The van der Waals surface area contributed by atoms with E-state index < -0.39 is 21.1 Å². The van der Waals surface area contributed by atoms with Crippen molar-refractivity contribution < 1.29 is 17.6 Å². The van der Waals surface area contributed by atoms with Gasteiger partial charge in [-0.05, 0) is 11.1 Å². The van der Waals surface area contributed by atoms with Gasteiger partial charge in [0.2, 0.25) is 21.6 Å². The van der Waals surface area contributed by atoms with Crippen LogP contribution in [-0.4, -0.2) is 30.3 Å². The van der Waals surface area contributed by atoms with Gasteiger partial charge < -0.3 is 9.73 Å². The number of nitrogens with one attached hydrogen (secondary N) is 1. The van der Waals surface area contributed by atoms with Crippen molar-refractivity contribution in [1.82, 2.24) is 15.5 Å². The summed E-state index contributed by atoms with van der Waals surface area (Å²) in [5, 5.41) is 9.99. The van der Waals surface area contributed by atoms with Crippen LogP contribution in [0.1, 0.15) is 30.0 Å². The Morgan fingerprint density at radius 2 is 1.61 bits per heavy atom. The lowest BCUT2D eigenvalue weighted by molar-refractivity contribution is -0.121. The predicted molar refractivity (Wildman–Crippen MR) is 103 cm³/mol. The van der Waals surface area contributed by atoms with Gasteiger partial charge in [-0.2, -0.15) is 0 Å². The number of benzene rings is 2. The lowest BCUT2D eigenvalue weighted by atomic mass is 10.1. The van der Waals surface area contributed by atoms with E-state index in [1.165, 1.54) is 6.92 Å². The molecule has 28 heavy (non-hydrogen) atoms. The highest BCUT2D eigenvalue weighted by atomic mass is 32.2. The highest BCUT2D eigenvalue weighted by Gasteiger charge is 2.26. The van der Waals surface area contributed by atoms with Crippen molar-refractivity contribution in [2.24, 2.45) is 0 Å². The molecule has 0 bridgehead atoms. The standard InChI is InChI=1S/C20H21N3O4S/c1-2-28(25,26)20-23-22-19(27-20)17(13-15-9-5-3-6-10-15)21-18(24)14-16-11-7-4-8-12-16/h3-12,17H,2,13-14H2,1H3,(H,21,24)/t17-/m0/s1. The zero-order chi connectivity index (χ0) is 20.0. The molecule has 0 aliphatic heterocycles. The first-order valence-electron chi connectivity index (χ1n) is 8.91.